The quantitative estimate of drug-likeness (QED) is 0.773. The Kier molecular flexibility index (Phi) is 3.57. The predicted molar refractivity (Wildman–Crippen MR) is 71.7 cm³/mol. The number of sulfone groups is 1. The van der Waals surface area contributed by atoms with Crippen LogP contribution in [0, 0.1) is 13.8 Å². The van der Waals surface area contributed by atoms with E-state index in [0.717, 1.165) is 17.5 Å². The SMILES string of the molecule is Cc1ccc(C(=O)C2CCCCS2(=O)=O)cc1C. The Labute approximate surface area is 108 Å². The average Bonchev–Trinajstić information content (AvgIpc) is 2.31. The molecule has 0 amide bonds. The van der Waals surface area contributed by atoms with Gasteiger partial charge in [0.2, 0.25) is 0 Å². The van der Waals surface area contributed by atoms with Gasteiger partial charge in [0.05, 0.1) is 5.75 Å². The fraction of sp³-hybridized carbons (Fsp3) is 0.500. The van der Waals surface area contributed by atoms with E-state index in [1.54, 1.807) is 12.1 Å². The van der Waals surface area contributed by atoms with Crippen molar-refractivity contribution in [1.29, 1.82) is 0 Å². The van der Waals surface area contributed by atoms with Crippen LogP contribution in [0.2, 0.25) is 0 Å². The van der Waals surface area contributed by atoms with E-state index >= 15 is 0 Å². The van der Waals surface area contributed by atoms with E-state index in [-0.39, 0.29) is 11.5 Å². The molecule has 0 radical (unpaired) electrons. The number of hydrogen-bond acceptors (Lipinski definition) is 3. The van der Waals surface area contributed by atoms with Gasteiger partial charge in [0.25, 0.3) is 0 Å². The molecule has 1 unspecified atom stereocenters. The lowest BCUT2D eigenvalue weighted by Gasteiger charge is -2.21. The van der Waals surface area contributed by atoms with Gasteiger partial charge in [0.15, 0.2) is 15.6 Å². The van der Waals surface area contributed by atoms with Gasteiger partial charge in [-0.25, -0.2) is 8.42 Å². The van der Waals surface area contributed by atoms with Crippen molar-refractivity contribution in [3.8, 4) is 0 Å². The van der Waals surface area contributed by atoms with E-state index in [9.17, 15) is 13.2 Å². The molecule has 4 heteroatoms. The lowest BCUT2D eigenvalue weighted by molar-refractivity contribution is 0.0981. The first-order chi connectivity index (χ1) is 8.42. The number of hydrogen-bond donors (Lipinski definition) is 0. The molecule has 98 valence electrons. The summed E-state index contributed by atoms with van der Waals surface area (Å²) in [6, 6.07) is 5.40. The topological polar surface area (TPSA) is 51.2 Å². The Hall–Kier alpha value is -1.16. The van der Waals surface area contributed by atoms with Crippen LogP contribution in [0.3, 0.4) is 0 Å². The summed E-state index contributed by atoms with van der Waals surface area (Å²) in [7, 11) is -3.24. The zero-order valence-electron chi connectivity index (χ0n) is 10.8. The molecule has 0 saturated carbocycles. The lowest BCUT2D eigenvalue weighted by Crippen LogP contribution is -2.35. The van der Waals surface area contributed by atoms with Gasteiger partial charge < -0.3 is 0 Å². The van der Waals surface area contributed by atoms with Crippen molar-refractivity contribution in [2.45, 2.75) is 38.4 Å². The minimum atomic E-state index is -3.24. The van der Waals surface area contributed by atoms with Gasteiger partial charge in [0, 0.05) is 5.56 Å². The van der Waals surface area contributed by atoms with Crippen molar-refractivity contribution in [3.05, 3.63) is 34.9 Å². The second-order valence-electron chi connectivity index (χ2n) is 5.01. The Balaban J connectivity index is 2.33. The van der Waals surface area contributed by atoms with E-state index < -0.39 is 15.1 Å². The number of rotatable bonds is 2. The number of carbonyl (C=O) groups excluding carboxylic acids is 1. The third kappa shape index (κ3) is 2.48. The highest BCUT2D eigenvalue weighted by Gasteiger charge is 2.35. The smallest absolute Gasteiger partial charge is 0.180 e. The first-order valence-electron chi connectivity index (χ1n) is 6.25. The molecule has 0 bridgehead atoms. The van der Waals surface area contributed by atoms with Crippen molar-refractivity contribution < 1.29 is 13.2 Å². The highest BCUT2D eigenvalue weighted by atomic mass is 32.2. The van der Waals surface area contributed by atoms with Gasteiger partial charge in [-0.3, -0.25) is 4.79 Å². The summed E-state index contributed by atoms with van der Waals surface area (Å²) in [5, 5.41) is -0.826. The number of aryl methyl sites for hydroxylation is 2. The minimum absolute atomic E-state index is 0.147. The third-order valence-electron chi connectivity index (χ3n) is 3.66. The maximum atomic E-state index is 12.3. The fourth-order valence-corrected chi connectivity index (χ4v) is 4.21. The monoisotopic (exact) mass is 266 g/mol. The Morgan fingerprint density at radius 1 is 1.17 bits per heavy atom. The fourth-order valence-electron chi connectivity index (χ4n) is 2.33. The van der Waals surface area contributed by atoms with Crippen LogP contribution in [0.4, 0.5) is 0 Å². The van der Waals surface area contributed by atoms with Crippen molar-refractivity contribution in [2.24, 2.45) is 0 Å². The third-order valence-corrected chi connectivity index (χ3v) is 5.84. The maximum absolute atomic E-state index is 12.3. The molecular weight excluding hydrogens is 248 g/mol. The van der Waals surface area contributed by atoms with Gasteiger partial charge >= 0.3 is 0 Å². The molecule has 1 saturated heterocycles. The normalized spacial score (nSPS) is 22.7. The molecule has 1 atom stereocenters. The molecule has 1 aliphatic heterocycles. The largest absolute Gasteiger partial charge is 0.293 e. The van der Waals surface area contributed by atoms with Crippen LogP contribution in [-0.4, -0.2) is 25.2 Å². The Morgan fingerprint density at radius 2 is 1.89 bits per heavy atom. The van der Waals surface area contributed by atoms with Crippen LogP contribution in [-0.2, 0) is 9.84 Å². The number of Topliss-reactive ketones (excluding diaryl/α,β-unsaturated/α-hetero) is 1. The first kappa shape index (κ1) is 13.3. The van der Waals surface area contributed by atoms with E-state index in [0.29, 0.717) is 18.4 Å². The summed E-state index contributed by atoms with van der Waals surface area (Å²) in [6.45, 7) is 3.91. The molecule has 18 heavy (non-hydrogen) atoms. The van der Waals surface area contributed by atoms with E-state index in [2.05, 4.69) is 0 Å². The molecule has 3 nitrogen and oxygen atoms in total. The summed E-state index contributed by atoms with van der Waals surface area (Å²) in [5.74, 6) is -0.0911. The van der Waals surface area contributed by atoms with Crippen LogP contribution >= 0.6 is 0 Å². The standard InChI is InChI=1S/C14H18O3S/c1-10-6-7-12(9-11(10)2)14(15)13-5-3-4-8-18(13,16)17/h6-7,9,13H,3-5,8H2,1-2H3. The molecule has 1 heterocycles. The van der Waals surface area contributed by atoms with Gasteiger partial charge in [-0.1, -0.05) is 18.6 Å². The predicted octanol–water partition coefficient (Wildman–Crippen LogP) is 2.45. The summed E-state index contributed by atoms with van der Waals surface area (Å²) >= 11 is 0. The van der Waals surface area contributed by atoms with E-state index in [4.69, 9.17) is 0 Å². The molecule has 0 spiro atoms. The first-order valence-corrected chi connectivity index (χ1v) is 7.96. The highest BCUT2D eigenvalue weighted by Crippen LogP contribution is 2.23. The second kappa shape index (κ2) is 4.84. The highest BCUT2D eigenvalue weighted by molar-refractivity contribution is 7.92. The average molecular weight is 266 g/mol. The number of benzene rings is 1. The van der Waals surface area contributed by atoms with E-state index in [1.807, 2.05) is 19.9 Å². The molecule has 1 fully saturated rings. The van der Waals surface area contributed by atoms with Gasteiger partial charge in [-0.15, -0.1) is 0 Å². The van der Waals surface area contributed by atoms with Crippen molar-refractivity contribution in [2.75, 3.05) is 5.75 Å². The minimum Gasteiger partial charge on any atom is -0.293 e. The second-order valence-corrected chi connectivity index (χ2v) is 7.32. The zero-order chi connectivity index (χ0) is 13.3. The van der Waals surface area contributed by atoms with E-state index in [1.165, 1.54) is 0 Å². The molecule has 0 N–H and O–H groups in total. The van der Waals surface area contributed by atoms with Crippen LogP contribution in [0.5, 0.6) is 0 Å². The lowest BCUT2D eigenvalue weighted by atomic mass is 10.00. The molecule has 0 aromatic heterocycles. The summed E-state index contributed by atoms with van der Waals surface area (Å²) in [5.41, 5.74) is 2.65. The molecular formula is C14H18O3S. The molecule has 1 aliphatic rings. The summed E-state index contributed by atoms with van der Waals surface area (Å²) in [4.78, 5) is 12.3. The van der Waals surface area contributed by atoms with Crippen LogP contribution in [0.25, 0.3) is 0 Å². The maximum Gasteiger partial charge on any atom is 0.180 e. The summed E-state index contributed by atoms with van der Waals surface area (Å²) < 4.78 is 23.9. The van der Waals surface area contributed by atoms with Crippen LogP contribution in [0.1, 0.15) is 40.7 Å². The van der Waals surface area contributed by atoms with Crippen LogP contribution < -0.4 is 0 Å². The van der Waals surface area contributed by atoms with Gasteiger partial charge in [0.1, 0.15) is 5.25 Å². The van der Waals surface area contributed by atoms with Crippen molar-refractivity contribution in [1.82, 2.24) is 0 Å². The Bertz CT molecular complexity index is 573. The van der Waals surface area contributed by atoms with Crippen molar-refractivity contribution >= 4 is 15.6 Å². The van der Waals surface area contributed by atoms with Gasteiger partial charge in [-0.05, 0) is 43.9 Å². The van der Waals surface area contributed by atoms with Crippen molar-refractivity contribution in [3.63, 3.8) is 0 Å². The van der Waals surface area contributed by atoms with Crippen LogP contribution in [0.15, 0.2) is 18.2 Å². The Morgan fingerprint density at radius 3 is 2.50 bits per heavy atom. The molecule has 1 aromatic rings. The summed E-state index contributed by atoms with van der Waals surface area (Å²) in [6.07, 6.45) is 1.97. The number of carbonyl (C=O) groups is 1. The molecule has 0 aliphatic carbocycles. The van der Waals surface area contributed by atoms with Gasteiger partial charge in [-0.2, -0.15) is 0 Å². The number of ketones is 1. The molecule has 1 aromatic carbocycles. The zero-order valence-corrected chi connectivity index (χ0v) is 11.6. The molecule has 2 rings (SSSR count).